The number of pyridine rings is 1. The van der Waals surface area contributed by atoms with Crippen molar-refractivity contribution in [3.8, 4) is 5.88 Å². The third kappa shape index (κ3) is 3.99. The van der Waals surface area contributed by atoms with E-state index in [0.29, 0.717) is 11.7 Å². The Hall–Kier alpha value is -2.67. The highest BCUT2D eigenvalue weighted by Crippen LogP contribution is 2.25. The van der Waals surface area contributed by atoms with Gasteiger partial charge in [-0.05, 0) is 12.0 Å². The molecule has 0 aliphatic carbocycles. The van der Waals surface area contributed by atoms with Crippen LogP contribution in [-0.4, -0.2) is 41.0 Å². The maximum absolute atomic E-state index is 11.0. The highest BCUT2D eigenvalue weighted by Gasteiger charge is 2.25. The van der Waals surface area contributed by atoms with Crippen LogP contribution in [0.25, 0.3) is 0 Å². The summed E-state index contributed by atoms with van der Waals surface area (Å²) >= 11 is 0. The van der Waals surface area contributed by atoms with Crippen molar-refractivity contribution in [1.29, 1.82) is 0 Å². The van der Waals surface area contributed by atoms with Crippen LogP contribution in [0.1, 0.15) is 12.0 Å². The van der Waals surface area contributed by atoms with E-state index < -0.39 is 4.92 Å². The second kappa shape index (κ2) is 7.27. The molecule has 1 aromatic heterocycles. The maximum Gasteiger partial charge on any atom is 0.278 e. The van der Waals surface area contributed by atoms with Gasteiger partial charge in [-0.1, -0.05) is 30.3 Å². The quantitative estimate of drug-likeness (QED) is 0.648. The van der Waals surface area contributed by atoms with Gasteiger partial charge in [0, 0.05) is 26.7 Å². The second-order valence-corrected chi connectivity index (χ2v) is 5.81. The zero-order valence-electron chi connectivity index (χ0n) is 13.5. The summed E-state index contributed by atoms with van der Waals surface area (Å²) < 4.78 is 5.88. The molecule has 1 N–H and O–H groups in total. The van der Waals surface area contributed by atoms with Gasteiger partial charge in [0.25, 0.3) is 5.69 Å². The molecule has 1 aliphatic heterocycles. The normalized spacial score (nSPS) is 17.6. The lowest BCUT2D eigenvalue weighted by Gasteiger charge is -2.16. The standard InChI is InChI=1S/C17H20N4O3/c1-18-16-9-14(21(22)23)10-17(19-16)24-15-7-8-20(12-15)11-13-5-3-2-4-6-13/h2-6,9-10,15H,7-8,11-12H2,1H3,(H,18,19). The minimum Gasteiger partial charge on any atom is -0.473 e. The highest BCUT2D eigenvalue weighted by atomic mass is 16.6. The number of nitro groups is 1. The van der Waals surface area contributed by atoms with Gasteiger partial charge < -0.3 is 10.1 Å². The number of nitrogens with zero attached hydrogens (tertiary/aromatic N) is 3. The summed E-state index contributed by atoms with van der Waals surface area (Å²) in [5.74, 6) is 0.721. The predicted molar refractivity (Wildman–Crippen MR) is 91.2 cm³/mol. The van der Waals surface area contributed by atoms with E-state index in [1.165, 1.54) is 17.7 Å². The number of likely N-dealkylation sites (tertiary alicyclic amines) is 1. The fourth-order valence-electron chi connectivity index (χ4n) is 2.83. The maximum atomic E-state index is 11.0. The molecular formula is C17H20N4O3. The SMILES string of the molecule is CNc1cc([N+](=O)[O-])cc(OC2CCN(Cc3ccccc3)C2)n1. The lowest BCUT2D eigenvalue weighted by molar-refractivity contribution is -0.384. The van der Waals surface area contributed by atoms with E-state index in [2.05, 4.69) is 27.3 Å². The Morgan fingerprint density at radius 1 is 1.38 bits per heavy atom. The molecule has 126 valence electrons. The Morgan fingerprint density at radius 2 is 2.17 bits per heavy atom. The van der Waals surface area contributed by atoms with Crippen LogP contribution >= 0.6 is 0 Å². The fraction of sp³-hybridized carbons (Fsp3) is 0.353. The van der Waals surface area contributed by atoms with Gasteiger partial charge in [0.05, 0.1) is 17.1 Å². The van der Waals surface area contributed by atoms with E-state index in [9.17, 15) is 10.1 Å². The average Bonchev–Trinajstić information content (AvgIpc) is 3.02. The monoisotopic (exact) mass is 328 g/mol. The zero-order chi connectivity index (χ0) is 16.9. The van der Waals surface area contributed by atoms with Crippen molar-refractivity contribution < 1.29 is 9.66 Å². The van der Waals surface area contributed by atoms with E-state index in [0.717, 1.165) is 26.1 Å². The third-order valence-electron chi connectivity index (χ3n) is 4.02. The molecule has 7 heteroatoms. The van der Waals surface area contributed by atoms with Crippen molar-refractivity contribution in [2.45, 2.75) is 19.1 Å². The number of hydrogen-bond acceptors (Lipinski definition) is 6. The molecule has 1 atom stereocenters. The second-order valence-electron chi connectivity index (χ2n) is 5.81. The molecule has 7 nitrogen and oxygen atoms in total. The first-order chi connectivity index (χ1) is 11.6. The van der Waals surface area contributed by atoms with Crippen LogP contribution in [0, 0.1) is 10.1 Å². The van der Waals surface area contributed by atoms with Crippen LogP contribution in [-0.2, 0) is 6.54 Å². The van der Waals surface area contributed by atoms with Crippen LogP contribution in [0.3, 0.4) is 0 Å². The molecule has 1 fully saturated rings. The van der Waals surface area contributed by atoms with Crippen LogP contribution in [0.15, 0.2) is 42.5 Å². The first-order valence-electron chi connectivity index (χ1n) is 7.91. The Morgan fingerprint density at radius 3 is 2.88 bits per heavy atom. The van der Waals surface area contributed by atoms with Crippen molar-refractivity contribution in [3.63, 3.8) is 0 Å². The van der Waals surface area contributed by atoms with Crippen molar-refractivity contribution in [3.05, 3.63) is 58.1 Å². The minimum absolute atomic E-state index is 0.00655. The van der Waals surface area contributed by atoms with Crippen LogP contribution in [0.4, 0.5) is 11.5 Å². The molecule has 2 aromatic rings. The molecular weight excluding hydrogens is 308 g/mol. The largest absolute Gasteiger partial charge is 0.473 e. The Kier molecular flexibility index (Phi) is 4.90. The predicted octanol–water partition coefficient (Wildman–Crippen LogP) is 2.68. The molecule has 24 heavy (non-hydrogen) atoms. The van der Waals surface area contributed by atoms with E-state index in [4.69, 9.17) is 4.74 Å². The highest BCUT2D eigenvalue weighted by molar-refractivity contribution is 5.47. The van der Waals surface area contributed by atoms with Crippen LogP contribution < -0.4 is 10.1 Å². The van der Waals surface area contributed by atoms with Crippen molar-refractivity contribution in [2.24, 2.45) is 0 Å². The molecule has 2 heterocycles. The van der Waals surface area contributed by atoms with Gasteiger partial charge in [0.15, 0.2) is 0 Å². The molecule has 0 saturated carbocycles. The third-order valence-corrected chi connectivity index (χ3v) is 4.02. The number of rotatable bonds is 6. The summed E-state index contributed by atoms with van der Waals surface area (Å²) in [7, 11) is 1.67. The van der Waals surface area contributed by atoms with Gasteiger partial charge in [-0.3, -0.25) is 15.0 Å². The molecule has 1 unspecified atom stereocenters. The molecule has 1 aromatic carbocycles. The molecule has 3 rings (SSSR count). The van der Waals surface area contributed by atoms with Crippen molar-refractivity contribution in [2.75, 3.05) is 25.5 Å². The van der Waals surface area contributed by atoms with E-state index in [-0.39, 0.29) is 11.8 Å². The van der Waals surface area contributed by atoms with Gasteiger partial charge in [-0.25, -0.2) is 0 Å². The summed E-state index contributed by atoms with van der Waals surface area (Å²) in [6, 6.07) is 13.1. The molecule has 1 saturated heterocycles. The number of anilines is 1. The number of ether oxygens (including phenoxy) is 1. The molecule has 0 radical (unpaired) electrons. The fourth-order valence-corrected chi connectivity index (χ4v) is 2.83. The molecule has 0 amide bonds. The van der Waals surface area contributed by atoms with Crippen molar-refractivity contribution in [1.82, 2.24) is 9.88 Å². The number of benzene rings is 1. The Bertz CT molecular complexity index is 708. The average molecular weight is 328 g/mol. The summed E-state index contributed by atoms with van der Waals surface area (Å²) in [6.45, 7) is 2.60. The summed E-state index contributed by atoms with van der Waals surface area (Å²) in [5, 5.41) is 13.8. The summed E-state index contributed by atoms with van der Waals surface area (Å²) in [4.78, 5) is 17.1. The number of aromatic nitrogens is 1. The van der Waals surface area contributed by atoms with Gasteiger partial charge in [-0.15, -0.1) is 0 Å². The van der Waals surface area contributed by atoms with Crippen LogP contribution in [0.5, 0.6) is 5.88 Å². The van der Waals surface area contributed by atoms with Gasteiger partial charge in [-0.2, -0.15) is 4.98 Å². The van der Waals surface area contributed by atoms with Gasteiger partial charge in [0.1, 0.15) is 11.9 Å². The van der Waals surface area contributed by atoms with E-state index >= 15 is 0 Å². The molecule has 0 bridgehead atoms. The zero-order valence-corrected chi connectivity index (χ0v) is 13.5. The first kappa shape index (κ1) is 16.2. The van der Waals surface area contributed by atoms with E-state index in [1.807, 2.05) is 18.2 Å². The molecule has 1 aliphatic rings. The van der Waals surface area contributed by atoms with Crippen LogP contribution in [0.2, 0.25) is 0 Å². The lowest BCUT2D eigenvalue weighted by Crippen LogP contribution is -2.24. The van der Waals surface area contributed by atoms with Gasteiger partial charge >= 0.3 is 0 Å². The number of nitrogens with one attached hydrogen (secondary N) is 1. The Balaban J connectivity index is 1.63. The Labute approximate surface area is 140 Å². The topological polar surface area (TPSA) is 80.5 Å². The van der Waals surface area contributed by atoms with E-state index in [1.54, 1.807) is 7.05 Å². The molecule has 0 spiro atoms. The minimum atomic E-state index is -0.439. The summed E-state index contributed by atoms with van der Waals surface area (Å²) in [5.41, 5.74) is 1.24. The number of hydrogen-bond donors (Lipinski definition) is 1. The first-order valence-corrected chi connectivity index (χ1v) is 7.91. The summed E-state index contributed by atoms with van der Waals surface area (Å²) in [6.07, 6.45) is 0.874. The lowest BCUT2D eigenvalue weighted by atomic mass is 10.2. The van der Waals surface area contributed by atoms with Gasteiger partial charge in [0.2, 0.25) is 5.88 Å². The smallest absolute Gasteiger partial charge is 0.278 e. The van der Waals surface area contributed by atoms with Crippen molar-refractivity contribution >= 4 is 11.5 Å².